The van der Waals surface area contributed by atoms with Crippen molar-refractivity contribution in [3.05, 3.63) is 47.2 Å². The molecule has 0 bridgehead atoms. The quantitative estimate of drug-likeness (QED) is 0.679. The van der Waals surface area contributed by atoms with Gasteiger partial charge in [-0.1, -0.05) is 12.1 Å². The van der Waals surface area contributed by atoms with Crippen LogP contribution in [0.3, 0.4) is 0 Å². The van der Waals surface area contributed by atoms with E-state index in [1.165, 1.54) is 18.7 Å². The fraction of sp³-hybridized carbons (Fsp3) is 0.316. The van der Waals surface area contributed by atoms with Gasteiger partial charge in [-0.3, -0.25) is 9.48 Å². The first kappa shape index (κ1) is 20.4. The van der Waals surface area contributed by atoms with Crippen LogP contribution in [-0.4, -0.2) is 34.4 Å². The van der Waals surface area contributed by atoms with Crippen molar-refractivity contribution >= 4 is 16.9 Å². The van der Waals surface area contributed by atoms with Gasteiger partial charge in [-0.15, -0.1) is 0 Å². The van der Waals surface area contributed by atoms with E-state index in [2.05, 4.69) is 15.4 Å². The number of hydrogen-bond donors (Lipinski definition) is 1. The SMILES string of the molecule is COc1ccc(CNC(=O)COc2cc(C(F)(F)F)c3c(C)nn(C)c3n2)cc1. The lowest BCUT2D eigenvalue weighted by Crippen LogP contribution is -2.28. The maximum atomic E-state index is 13.4. The van der Waals surface area contributed by atoms with Crippen LogP contribution in [0.25, 0.3) is 11.0 Å². The number of halogens is 3. The fourth-order valence-corrected chi connectivity index (χ4v) is 2.85. The molecule has 0 saturated heterocycles. The number of nitrogens with zero attached hydrogens (tertiary/aromatic N) is 3. The molecule has 7 nitrogen and oxygen atoms in total. The van der Waals surface area contributed by atoms with Crippen LogP contribution in [0.2, 0.25) is 0 Å². The van der Waals surface area contributed by atoms with Crippen molar-refractivity contribution in [3.8, 4) is 11.6 Å². The Morgan fingerprint density at radius 2 is 1.93 bits per heavy atom. The average molecular weight is 408 g/mol. The van der Waals surface area contributed by atoms with Gasteiger partial charge >= 0.3 is 6.18 Å². The van der Waals surface area contributed by atoms with Gasteiger partial charge in [0.15, 0.2) is 12.3 Å². The van der Waals surface area contributed by atoms with Crippen molar-refractivity contribution in [2.45, 2.75) is 19.6 Å². The smallest absolute Gasteiger partial charge is 0.417 e. The van der Waals surface area contributed by atoms with Gasteiger partial charge in [-0.2, -0.15) is 23.3 Å². The predicted molar refractivity (Wildman–Crippen MR) is 98.6 cm³/mol. The number of aromatic nitrogens is 3. The molecule has 0 radical (unpaired) electrons. The topological polar surface area (TPSA) is 78.3 Å². The maximum Gasteiger partial charge on any atom is 0.417 e. The minimum Gasteiger partial charge on any atom is -0.497 e. The van der Waals surface area contributed by atoms with Crippen LogP contribution >= 0.6 is 0 Å². The van der Waals surface area contributed by atoms with E-state index in [1.807, 2.05) is 0 Å². The normalized spacial score (nSPS) is 11.5. The Kier molecular flexibility index (Phi) is 5.62. The third-order valence-corrected chi connectivity index (χ3v) is 4.25. The van der Waals surface area contributed by atoms with E-state index in [4.69, 9.17) is 9.47 Å². The van der Waals surface area contributed by atoms with Crippen LogP contribution in [0.5, 0.6) is 11.6 Å². The number of carbonyl (C=O) groups excluding carboxylic acids is 1. The van der Waals surface area contributed by atoms with Gasteiger partial charge in [0.1, 0.15) is 5.75 Å². The van der Waals surface area contributed by atoms with Crippen molar-refractivity contribution in [1.29, 1.82) is 0 Å². The summed E-state index contributed by atoms with van der Waals surface area (Å²) in [6.07, 6.45) is -4.61. The van der Waals surface area contributed by atoms with Gasteiger partial charge in [0.2, 0.25) is 5.88 Å². The van der Waals surface area contributed by atoms with Crippen molar-refractivity contribution in [3.63, 3.8) is 0 Å². The molecule has 2 heterocycles. The molecule has 1 aromatic carbocycles. The lowest BCUT2D eigenvalue weighted by molar-refractivity contribution is -0.136. The molecule has 2 aromatic heterocycles. The highest BCUT2D eigenvalue weighted by Crippen LogP contribution is 2.37. The molecule has 0 atom stereocenters. The van der Waals surface area contributed by atoms with Crippen molar-refractivity contribution in [1.82, 2.24) is 20.1 Å². The number of carbonyl (C=O) groups is 1. The van der Waals surface area contributed by atoms with Gasteiger partial charge in [0, 0.05) is 19.7 Å². The monoisotopic (exact) mass is 408 g/mol. The zero-order chi connectivity index (χ0) is 21.2. The fourth-order valence-electron chi connectivity index (χ4n) is 2.85. The van der Waals surface area contributed by atoms with E-state index in [-0.39, 0.29) is 29.2 Å². The summed E-state index contributed by atoms with van der Waals surface area (Å²) in [5, 5.41) is 6.53. The number of rotatable bonds is 6. The Bertz CT molecular complexity index is 1030. The van der Waals surface area contributed by atoms with Crippen LogP contribution in [0.1, 0.15) is 16.8 Å². The summed E-state index contributed by atoms with van der Waals surface area (Å²) < 4.78 is 51.8. The average Bonchev–Trinajstić information content (AvgIpc) is 2.97. The van der Waals surface area contributed by atoms with Crippen molar-refractivity contribution in [2.24, 2.45) is 7.05 Å². The third-order valence-electron chi connectivity index (χ3n) is 4.25. The number of pyridine rings is 1. The molecular weight excluding hydrogens is 389 g/mol. The molecule has 3 aromatic rings. The van der Waals surface area contributed by atoms with Crippen molar-refractivity contribution in [2.75, 3.05) is 13.7 Å². The molecule has 0 aliphatic carbocycles. The number of hydrogen-bond acceptors (Lipinski definition) is 5. The van der Waals surface area contributed by atoms with Crippen LogP contribution in [0.4, 0.5) is 13.2 Å². The Hall–Kier alpha value is -3.30. The summed E-state index contributed by atoms with van der Waals surface area (Å²) in [6, 6.07) is 7.87. The highest BCUT2D eigenvalue weighted by atomic mass is 19.4. The molecule has 29 heavy (non-hydrogen) atoms. The zero-order valence-electron chi connectivity index (χ0n) is 16.0. The molecule has 3 rings (SSSR count). The molecule has 0 aliphatic rings. The van der Waals surface area contributed by atoms with Gasteiger partial charge in [0.25, 0.3) is 5.91 Å². The molecule has 154 valence electrons. The summed E-state index contributed by atoms with van der Waals surface area (Å²) in [5.41, 5.74) is 0.183. The number of ether oxygens (including phenoxy) is 2. The Labute approximate surface area is 164 Å². The largest absolute Gasteiger partial charge is 0.497 e. The molecule has 0 saturated carbocycles. The van der Waals surface area contributed by atoms with Gasteiger partial charge < -0.3 is 14.8 Å². The van der Waals surface area contributed by atoms with Gasteiger partial charge in [-0.05, 0) is 24.6 Å². The summed E-state index contributed by atoms with van der Waals surface area (Å²) in [4.78, 5) is 16.1. The van der Waals surface area contributed by atoms with Crippen LogP contribution < -0.4 is 14.8 Å². The Morgan fingerprint density at radius 1 is 1.24 bits per heavy atom. The number of aryl methyl sites for hydroxylation is 2. The second-order valence-electron chi connectivity index (χ2n) is 6.33. The van der Waals surface area contributed by atoms with Gasteiger partial charge in [0.05, 0.1) is 23.8 Å². The van der Waals surface area contributed by atoms with E-state index in [0.29, 0.717) is 5.75 Å². The molecule has 1 N–H and O–H groups in total. The predicted octanol–water partition coefficient (Wildman–Crippen LogP) is 3.00. The number of fused-ring (bicyclic) bond motifs is 1. The summed E-state index contributed by atoms with van der Waals surface area (Å²) in [7, 11) is 3.05. The number of nitrogens with one attached hydrogen (secondary N) is 1. The first-order valence-corrected chi connectivity index (χ1v) is 8.63. The molecule has 0 aliphatic heterocycles. The molecular formula is C19H19F3N4O3. The van der Waals surface area contributed by atoms with E-state index in [9.17, 15) is 18.0 Å². The molecule has 0 spiro atoms. The van der Waals surface area contributed by atoms with Crippen molar-refractivity contribution < 1.29 is 27.4 Å². The molecule has 0 fully saturated rings. The number of alkyl halides is 3. The number of amides is 1. The van der Waals surface area contributed by atoms with Crippen LogP contribution in [-0.2, 0) is 24.6 Å². The maximum absolute atomic E-state index is 13.4. The number of methoxy groups -OCH3 is 1. The lowest BCUT2D eigenvalue weighted by atomic mass is 10.1. The first-order chi connectivity index (χ1) is 13.7. The summed E-state index contributed by atoms with van der Waals surface area (Å²) in [6.45, 7) is 1.25. The second kappa shape index (κ2) is 7.98. The summed E-state index contributed by atoms with van der Waals surface area (Å²) in [5.74, 6) is -0.0966. The lowest BCUT2D eigenvalue weighted by Gasteiger charge is -2.12. The summed E-state index contributed by atoms with van der Waals surface area (Å²) >= 11 is 0. The van der Waals surface area contributed by atoms with E-state index < -0.39 is 24.3 Å². The minimum absolute atomic E-state index is 0.0333. The molecule has 10 heteroatoms. The molecule has 0 unspecified atom stereocenters. The second-order valence-corrected chi connectivity index (χ2v) is 6.33. The van der Waals surface area contributed by atoms with E-state index >= 15 is 0 Å². The Balaban J connectivity index is 1.69. The highest BCUT2D eigenvalue weighted by molar-refractivity contribution is 5.83. The van der Waals surface area contributed by atoms with Gasteiger partial charge in [-0.25, -0.2) is 0 Å². The van der Waals surface area contributed by atoms with Crippen LogP contribution in [0.15, 0.2) is 30.3 Å². The standard InChI is InChI=1S/C19H19F3N4O3/c1-11-17-14(19(20,21)22)8-16(24-18(17)26(2)25-11)29-10-15(27)23-9-12-4-6-13(28-3)7-5-12/h4-8H,9-10H2,1-3H3,(H,23,27). The van der Waals surface area contributed by atoms with E-state index in [1.54, 1.807) is 31.4 Å². The minimum atomic E-state index is -4.61. The zero-order valence-corrected chi connectivity index (χ0v) is 16.0. The van der Waals surface area contributed by atoms with Crippen LogP contribution in [0, 0.1) is 6.92 Å². The highest BCUT2D eigenvalue weighted by Gasteiger charge is 2.35. The Morgan fingerprint density at radius 3 is 2.55 bits per heavy atom. The first-order valence-electron chi connectivity index (χ1n) is 8.63. The van der Waals surface area contributed by atoms with E-state index in [0.717, 1.165) is 11.6 Å². The number of benzene rings is 1. The molecule has 1 amide bonds. The third kappa shape index (κ3) is 4.58.